The Kier molecular flexibility index (Phi) is 18.2. The van der Waals surface area contributed by atoms with E-state index in [1.165, 1.54) is 61.0 Å². The number of carbonyl (C=O) groups excluding carboxylic acids is 4. The maximum absolute atomic E-state index is 14.7. The van der Waals surface area contributed by atoms with E-state index in [-0.39, 0.29) is 63.6 Å². The Balaban J connectivity index is 0.000000128. The minimum absolute atomic E-state index is 0.0470. The Hall–Kier alpha value is -11.0. The Bertz CT molecular complexity index is 4940. The first-order chi connectivity index (χ1) is 48.0. The number of hydrogen-bond acceptors (Lipinski definition) is 8. The van der Waals surface area contributed by atoms with Gasteiger partial charge in [-0.1, -0.05) is 182 Å². The zero-order valence-corrected chi connectivity index (χ0v) is 56.3. The molecule has 4 unspecified atom stereocenters. The van der Waals surface area contributed by atoms with Gasteiger partial charge in [-0.15, -0.1) is 0 Å². The van der Waals surface area contributed by atoms with Crippen molar-refractivity contribution < 1.29 is 70.3 Å². The van der Waals surface area contributed by atoms with E-state index in [9.17, 15) is 70.3 Å². The monoisotopic (exact) mass is 1370 g/mol. The van der Waals surface area contributed by atoms with Crippen molar-refractivity contribution in [3.8, 4) is 23.0 Å². The van der Waals surface area contributed by atoms with Crippen LogP contribution in [0.5, 0.6) is 23.0 Å². The molecule has 5 aliphatic rings. The maximum atomic E-state index is 14.7. The number of rotatable bonds is 8. The summed E-state index contributed by atoms with van der Waals surface area (Å²) in [6.45, 7) is 13.1. The Morgan fingerprint density at radius 1 is 0.396 bits per heavy atom. The normalized spacial score (nSPS) is 20.3. The van der Waals surface area contributed by atoms with Crippen molar-refractivity contribution in [1.82, 2.24) is 0 Å². The van der Waals surface area contributed by atoms with Crippen molar-refractivity contribution in [3.05, 3.63) is 284 Å². The molecule has 0 radical (unpaired) electrons. The van der Waals surface area contributed by atoms with Gasteiger partial charge in [0.25, 0.3) is 0 Å². The fraction of sp³-hybridized carbons (Fsp3) is 0.244. The quantitative estimate of drug-likeness (QED) is 0.0688. The first-order valence-corrected chi connectivity index (χ1v) is 33.2. The molecule has 4 amide bonds. The van der Waals surface area contributed by atoms with E-state index < -0.39 is 79.2 Å². The molecule has 0 bridgehead atoms. The number of amides is 4. The lowest BCUT2D eigenvalue weighted by Crippen LogP contribution is -2.48. The molecule has 0 saturated heterocycles. The molecule has 0 spiro atoms. The number of aryl methyl sites for hydroxylation is 1. The van der Waals surface area contributed by atoms with Gasteiger partial charge in [-0.3, -0.25) is 19.2 Å². The molecule has 10 aromatic rings. The van der Waals surface area contributed by atoms with E-state index in [1.54, 1.807) is 73.7 Å². The van der Waals surface area contributed by atoms with Gasteiger partial charge in [0.15, 0.2) is 34.9 Å². The van der Waals surface area contributed by atoms with Gasteiger partial charge in [0.05, 0.1) is 22.7 Å². The predicted molar refractivity (Wildman–Crippen MR) is 373 cm³/mol. The van der Waals surface area contributed by atoms with Crippen LogP contribution in [0.3, 0.4) is 0 Å². The summed E-state index contributed by atoms with van der Waals surface area (Å²) in [6.07, 6.45) is 5.88. The van der Waals surface area contributed by atoms with Crippen molar-refractivity contribution in [2.75, 3.05) is 21.3 Å². The molecular formula is C82H73F7N4O8. The summed E-state index contributed by atoms with van der Waals surface area (Å²) in [5.41, 5.74) is -0.122. The second kappa shape index (κ2) is 26.3. The van der Waals surface area contributed by atoms with Crippen LogP contribution in [0.1, 0.15) is 136 Å². The van der Waals surface area contributed by atoms with Crippen LogP contribution in [0.25, 0.3) is 10.8 Å². The van der Waals surface area contributed by atoms with Gasteiger partial charge in [-0.2, -0.15) is 0 Å². The Labute approximate surface area is 578 Å². The van der Waals surface area contributed by atoms with Crippen molar-refractivity contribution in [1.29, 1.82) is 0 Å². The highest BCUT2D eigenvalue weighted by Gasteiger charge is 2.60. The predicted octanol–water partition coefficient (Wildman–Crippen LogP) is 18.1. The molecule has 4 aliphatic heterocycles. The lowest BCUT2D eigenvalue weighted by Gasteiger charge is -2.42. The molecule has 0 aromatic heterocycles. The Morgan fingerprint density at radius 3 is 1.30 bits per heavy atom. The molecule has 10 aromatic carbocycles. The number of aromatic hydroxyl groups is 4. The second-order valence-corrected chi connectivity index (χ2v) is 27.9. The number of anilines is 4. The number of fused-ring (bicyclic) bond motifs is 5. The summed E-state index contributed by atoms with van der Waals surface area (Å²) >= 11 is 0. The zero-order chi connectivity index (χ0) is 72.5. The summed E-state index contributed by atoms with van der Waals surface area (Å²) in [4.78, 5) is 52.7. The number of nitrogens with one attached hydrogen (secondary N) is 4. The summed E-state index contributed by atoms with van der Waals surface area (Å²) < 4.78 is 98.8. The number of benzene rings is 10. The molecule has 8 N–H and O–H groups in total. The third kappa shape index (κ3) is 11.1. The van der Waals surface area contributed by atoms with Gasteiger partial charge in [0.2, 0.25) is 23.6 Å². The number of halogens is 7. The van der Waals surface area contributed by atoms with E-state index >= 15 is 0 Å². The molecule has 4 atom stereocenters. The molecule has 15 rings (SSSR count). The average Bonchev–Trinajstić information content (AvgIpc) is 1.65. The van der Waals surface area contributed by atoms with Crippen LogP contribution in [0, 0.1) is 64.4 Å². The molecule has 1 aliphatic carbocycles. The maximum Gasteiger partial charge on any atom is 0.244 e. The van der Waals surface area contributed by atoms with E-state index in [4.69, 9.17) is 0 Å². The highest BCUT2D eigenvalue weighted by atomic mass is 19.2. The first kappa shape index (κ1) is 69.9. The summed E-state index contributed by atoms with van der Waals surface area (Å²) in [6, 6.07) is 49.9. The van der Waals surface area contributed by atoms with Crippen LogP contribution in [0.15, 0.2) is 188 Å². The van der Waals surface area contributed by atoms with E-state index in [0.29, 0.717) is 56.6 Å². The summed E-state index contributed by atoms with van der Waals surface area (Å²) in [7, 11) is 0. The average molecular weight is 1380 g/mol. The fourth-order valence-electron chi connectivity index (χ4n) is 16.1. The lowest BCUT2D eigenvalue weighted by molar-refractivity contribution is -0.123. The molecule has 101 heavy (non-hydrogen) atoms. The van der Waals surface area contributed by atoms with Crippen molar-refractivity contribution in [2.45, 2.75) is 109 Å². The van der Waals surface area contributed by atoms with Crippen molar-refractivity contribution in [2.24, 2.45) is 16.7 Å². The van der Waals surface area contributed by atoms with Gasteiger partial charge in [0, 0.05) is 5.56 Å². The highest BCUT2D eigenvalue weighted by Crippen LogP contribution is 2.59. The van der Waals surface area contributed by atoms with Crippen LogP contribution >= 0.6 is 0 Å². The molecule has 12 nitrogen and oxygen atoms in total. The van der Waals surface area contributed by atoms with Gasteiger partial charge in [-0.05, 0) is 171 Å². The summed E-state index contributed by atoms with van der Waals surface area (Å²) in [5.74, 6) is -7.48. The lowest BCUT2D eigenvalue weighted by atomic mass is 9.57. The minimum atomic E-state index is -1.39. The van der Waals surface area contributed by atoms with Crippen molar-refractivity contribution in [3.63, 3.8) is 0 Å². The van der Waals surface area contributed by atoms with Gasteiger partial charge in [-0.25, -0.2) is 30.7 Å². The molecular weight excluding hydrogens is 1300 g/mol. The molecule has 4 heterocycles. The summed E-state index contributed by atoms with van der Waals surface area (Å²) in [5, 5.41) is 50.7. The van der Waals surface area contributed by atoms with E-state index in [0.717, 1.165) is 65.8 Å². The van der Waals surface area contributed by atoms with Crippen LogP contribution in [0.4, 0.5) is 53.5 Å². The SMILES string of the molecule is CC(C)(C)C1(c2ccc(O)cc2)C(=O)Nc2c1ccc(F)c2F.CCC(C)(C)C1(c2ccc(O)cc2)C(=O)Nc2c1ccc(F)c2F.Cc1ccc2c(c1F)NC(=O)C2(c1ccc(O)cc1)C1CCCCC1.O=C1Nc2c(ccc(F)c2F)C1(c1ccc(O)cc1)c1cccc2ccccc12. The molecule has 1 saturated carbocycles. The first-order valence-electron chi connectivity index (χ1n) is 33.2. The third-order valence-corrected chi connectivity index (χ3v) is 21.2. The number of carbonyl (C=O) groups is 4. The zero-order valence-electron chi connectivity index (χ0n) is 56.3. The van der Waals surface area contributed by atoms with Crippen LogP contribution < -0.4 is 21.3 Å². The van der Waals surface area contributed by atoms with E-state index in [1.807, 2.05) is 90.1 Å². The number of phenolic OH excluding ortho intramolecular Hbond substituents is 4. The van der Waals surface area contributed by atoms with Crippen molar-refractivity contribution >= 4 is 57.2 Å². The largest absolute Gasteiger partial charge is 0.508 e. The minimum Gasteiger partial charge on any atom is -0.508 e. The molecule has 518 valence electrons. The van der Waals surface area contributed by atoms with E-state index in [2.05, 4.69) is 21.3 Å². The van der Waals surface area contributed by atoms with Crippen LogP contribution in [-0.2, 0) is 40.8 Å². The number of phenols is 4. The molecule has 19 heteroatoms. The Morgan fingerprint density at radius 2 is 0.792 bits per heavy atom. The van der Waals surface area contributed by atoms with Gasteiger partial charge >= 0.3 is 0 Å². The van der Waals surface area contributed by atoms with Gasteiger partial charge < -0.3 is 41.7 Å². The fourth-order valence-corrected chi connectivity index (χ4v) is 16.1. The second-order valence-electron chi connectivity index (χ2n) is 27.9. The van der Waals surface area contributed by atoms with Gasteiger partial charge in [0.1, 0.15) is 50.5 Å². The number of hydrogen-bond donors (Lipinski definition) is 8. The third-order valence-electron chi connectivity index (χ3n) is 21.2. The smallest absolute Gasteiger partial charge is 0.244 e. The molecule has 1 fully saturated rings. The standard InChI is InChI=1S/C24H15F2NO2.C21H22FNO2.C19H19F2NO2.C18H17F2NO2/c25-20-13-12-19-22(21(20)26)27-23(29)24(19,15-8-10-16(28)11-9-15)18-7-3-5-14-4-1-2-6-17(14)18;1-13-7-12-17-19(18(13)22)23-20(25)21(17,14-5-3-2-4-6-14)15-8-10-16(24)11-9-15;1-4-18(2,3)19(11-5-7-12(23)8-6-11)13-9-10-14(20)15(21)16(13)22-17(19)24;1-17(2,3)18(10-4-6-11(22)7-5-10)12-8-9-13(19)14(20)15(12)21-16(18)23/h1-13,28H,(H,27,29);7-12,14,24H,2-6H2,1H3,(H,23,25);5-10,23H,4H2,1-3H3,(H,22,24);4-9,22H,1-3H3,(H,21,23). The highest BCUT2D eigenvalue weighted by molar-refractivity contribution is 6.14. The van der Waals surface area contributed by atoms with Crippen LogP contribution in [0.2, 0.25) is 0 Å². The topological polar surface area (TPSA) is 197 Å². The van der Waals surface area contributed by atoms with Crippen LogP contribution in [-0.4, -0.2) is 44.1 Å².